The van der Waals surface area contributed by atoms with Crippen LogP contribution in [0.2, 0.25) is 0 Å². The van der Waals surface area contributed by atoms with Crippen molar-refractivity contribution < 1.29 is 0 Å². The quantitative estimate of drug-likeness (QED) is 0.749. The molecule has 0 amide bonds. The molecule has 1 aromatic carbocycles. The fraction of sp³-hybridized carbons (Fsp3) is 0.188. The van der Waals surface area contributed by atoms with E-state index in [1.54, 1.807) is 0 Å². The van der Waals surface area contributed by atoms with Gasteiger partial charge in [-0.05, 0) is 42.3 Å². The van der Waals surface area contributed by atoms with Gasteiger partial charge in [0.25, 0.3) is 0 Å². The van der Waals surface area contributed by atoms with Gasteiger partial charge in [0.05, 0.1) is 0 Å². The molecule has 0 saturated carbocycles. The van der Waals surface area contributed by atoms with Gasteiger partial charge in [-0.25, -0.2) is 0 Å². The van der Waals surface area contributed by atoms with E-state index in [9.17, 15) is 0 Å². The number of nitrogens with two attached hydrogens (primary N) is 1. The largest absolute Gasteiger partial charge is 0.361 e. The number of benzene rings is 1. The van der Waals surface area contributed by atoms with Crippen molar-refractivity contribution in [2.75, 3.05) is 6.54 Å². The first-order valence-corrected chi connectivity index (χ1v) is 6.53. The lowest BCUT2D eigenvalue weighted by Crippen LogP contribution is -2.14. The molecule has 3 N–H and O–H groups in total. The molecule has 1 atom stereocenters. The smallest absolute Gasteiger partial charge is 0.0456 e. The lowest BCUT2D eigenvalue weighted by Gasteiger charge is -2.14. The van der Waals surface area contributed by atoms with Crippen LogP contribution in [0, 0.1) is 0 Å². The number of H-pyrrole nitrogens is 1. The first kappa shape index (κ1) is 11.9. The van der Waals surface area contributed by atoms with Crippen LogP contribution >= 0.6 is 0 Å². The standard InChI is InChI=1S/C16H17N3/c17-10-13(12-5-7-18-8-6-12)9-14-11-19-16-4-2-1-3-15(14)16/h1-8,11,13,19H,9-10,17H2. The van der Waals surface area contributed by atoms with E-state index in [0.29, 0.717) is 12.5 Å². The van der Waals surface area contributed by atoms with Crippen molar-refractivity contribution in [3.05, 3.63) is 66.1 Å². The number of rotatable bonds is 4. The highest BCUT2D eigenvalue weighted by Crippen LogP contribution is 2.25. The van der Waals surface area contributed by atoms with Crippen LogP contribution in [0.4, 0.5) is 0 Å². The molecule has 1 unspecified atom stereocenters. The third-order valence-corrected chi connectivity index (χ3v) is 3.60. The van der Waals surface area contributed by atoms with E-state index in [2.05, 4.69) is 34.4 Å². The molecular weight excluding hydrogens is 234 g/mol. The lowest BCUT2D eigenvalue weighted by molar-refractivity contribution is 0.696. The van der Waals surface area contributed by atoms with Gasteiger partial charge in [0.2, 0.25) is 0 Å². The number of nitrogens with one attached hydrogen (secondary N) is 1. The molecule has 3 rings (SSSR count). The molecule has 0 aliphatic rings. The monoisotopic (exact) mass is 251 g/mol. The fourth-order valence-electron chi connectivity index (χ4n) is 2.54. The van der Waals surface area contributed by atoms with Crippen molar-refractivity contribution >= 4 is 10.9 Å². The molecule has 3 aromatic rings. The Bertz CT molecular complexity index is 658. The van der Waals surface area contributed by atoms with Gasteiger partial charge in [0.15, 0.2) is 0 Å². The summed E-state index contributed by atoms with van der Waals surface area (Å²) < 4.78 is 0. The van der Waals surface area contributed by atoms with E-state index in [-0.39, 0.29) is 0 Å². The number of para-hydroxylation sites is 1. The molecule has 0 spiro atoms. The maximum absolute atomic E-state index is 5.93. The van der Waals surface area contributed by atoms with Gasteiger partial charge >= 0.3 is 0 Å². The van der Waals surface area contributed by atoms with Crippen molar-refractivity contribution in [1.82, 2.24) is 9.97 Å². The second-order valence-corrected chi connectivity index (χ2v) is 4.78. The minimum absolute atomic E-state index is 0.335. The summed E-state index contributed by atoms with van der Waals surface area (Å²) in [6, 6.07) is 12.5. The highest BCUT2D eigenvalue weighted by Gasteiger charge is 2.13. The Hall–Kier alpha value is -2.13. The number of aromatic nitrogens is 2. The van der Waals surface area contributed by atoms with Crippen LogP contribution in [-0.4, -0.2) is 16.5 Å². The molecular formula is C16H17N3. The summed E-state index contributed by atoms with van der Waals surface area (Å²) in [6.07, 6.45) is 6.69. The first-order valence-electron chi connectivity index (χ1n) is 6.53. The Morgan fingerprint density at radius 2 is 1.89 bits per heavy atom. The molecule has 2 heterocycles. The predicted molar refractivity (Wildman–Crippen MR) is 78.0 cm³/mol. The van der Waals surface area contributed by atoms with Crippen molar-refractivity contribution in [3.8, 4) is 0 Å². The average molecular weight is 251 g/mol. The van der Waals surface area contributed by atoms with Gasteiger partial charge in [-0.3, -0.25) is 4.98 Å². The van der Waals surface area contributed by atoms with Crippen LogP contribution in [-0.2, 0) is 6.42 Å². The number of fused-ring (bicyclic) bond motifs is 1. The molecule has 0 aliphatic heterocycles. The summed E-state index contributed by atoms with van der Waals surface area (Å²) in [5, 5.41) is 1.29. The first-order chi connectivity index (χ1) is 9.38. The number of aromatic amines is 1. The number of hydrogen-bond acceptors (Lipinski definition) is 2. The minimum atomic E-state index is 0.335. The molecule has 0 fully saturated rings. The maximum Gasteiger partial charge on any atom is 0.0456 e. The van der Waals surface area contributed by atoms with E-state index in [1.807, 2.05) is 30.6 Å². The SMILES string of the molecule is NCC(Cc1c[nH]c2ccccc12)c1ccncc1. The maximum atomic E-state index is 5.93. The summed E-state index contributed by atoms with van der Waals surface area (Å²) in [5.74, 6) is 0.335. The van der Waals surface area contributed by atoms with Crippen LogP contribution in [0.3, 0.4) is 0 Å². The number of pyridine rings is 1. The zero-order valence-electron chi connectivity index (χ0n) is 10.7. The lowest BCUT2D eigenvalue weighted by atomic mass is 9.92. The van der Waals surface area contributed by atoms with Gasteiger partial charge < -0.3 is 10.7 Å². The summed E-state index contributed by atoms with van der Waals surface area (Å²) in [5.41, 5.74) is 9.69. The van der Waals surface area contributed by atoms with Crippen molar-refractivity contribution in [2.45, 2.75) is 12.3 Å². The van der Waals surface area contributed by atoms with Crippen LogP contribution in [0.1, 0.15) is 17.0 Å². The van der Waals surface area contributed by atoms with Crippen LogP contribution in [0.25, 0.3) is 10.9 Å². The summed E-state index contributed by atoms with van der Waals surface area (Å²) in [4.78, 5) is 7.38. The normalized spacial score (nSPS) is 12.7. The topological polar surface area (TPSA) is 54.7 Å². The Kier molecular flexibility index (Phi) is 3.29. The fourth-order valence-corrected chi connectivity index (χ4v) is 2.54. The third-order valence-electron chi connectivity index (χ3n) is 3.60. The summed E-state index contributed by atoms with van der Waals surface area (Å²) in [7, 11) is 0. The summed E-state index contributed by atoms with van der Waals surface area (Å²) >= 11 is 0. The molecule has 0 bridgehead atoms. The Balaban J connectivity index is 1.91. The third kappa shape index (κ3) is 2.37. The van der Waals surface area contributed by atoms with E-state index in [0.717, 1.165) is 6.42 Å². The van der Waals surface area contributed by atoms with Crippen LogP contribution in [0.15, 0.2) is 55.0 Å². The highest BCUT2D eigenvalue weighted by molar-refractivity contribution is 5.83. The molecule has 3 heteroatoms. The van der Waals surface area contributed by atoms with Gasteiger partial charge in [-0.2, -0.15) is 0 Å². The Morgan fingerprint density at radius 3 is 2.68 bits per heavy atom. The molecule has 0 saturated heterocycles. The second-order valence-electron chi connectivity index (χ2n) is 4.78. The Labute approximate surface area is 112 Å². The number of nitrogens with zero attached hydrogens (tertiary/aromatic N) is 1. The van der Waals surface area contributed by atoms with Gasteiger partial charge in [0.1, 0.15) is 0 Å². The minimum Gasteiger partial charge on any atom is -0.361 e. The zero-order valence-corrected chi connectivity index (χ0v) is 10.7. The number of hydrogen-bond donors (Lipinski definition) is 2. The van der Waals surface area contributed by atoms with Crippen LogP contribution in [0.5, 0.6) is 0 Å². The van der Waals surface area contributed by atoms with Gasteiger partial charge in [-0.15, -0.1) is 0 Å². The van der Waals surface area contributed by atoms with Crippen molar-refractivity contribution in [1.29, 1.82) is 0 Å². The molecule has 96 valence electrons. The molecule has 0 radical (unpaired) electrons. The van der Waals surface area contributed by atoms with E-state index in [4.69, 9.17) is 5.73 Å². The molecule has 3 nitrogen and oxygen atoms in total. The summed E-state index contributed by atoms with van der Waals surface area (Å²) in [6.45, 7) is 0.642. The molecule has 2 aromatic heterocycles. The Morgan fingerprint density at radius 1 is 1.11 bits per heavy atom. The average Bonchev–Trinajstić information content (AvgIpc) is 2.89. The molecule has 0 aliphatic carbocycles. The predicted octanol–water partition coefficient (Wildman–Crippen LogP) is 2.85. The zero-order chi connectivity index (χ0) is 13.1. The van der Waals surface area contributed by atoms with E-state index < -0.39 is 0 Å². The van der Waals surface area contributed by atoms with Crippen molar-refractivity contribution in [2.24, 2.45) is 5.73 Å². The molecule has 19 heavy (non-hydrogen) atoms. The van der Waals surface area contributed by atoms with Crippen LogP contribution < -0.4 is 5.73 Å². The van der Waals surface area contributed by atoms with E-state index in [1.165, 1.54) is 22.0 Å². The van der Waals surface area contributed by atoms with Gasteiger partial charge in [0, 0.05) is 35.4 Å². The second kappa shape index (κ2) is 5.24. The highest BCUT2D eigenvalue weighted by atomic mass is 14.7. The van der Waals surface area contributed by atoms with Crippen molar-refractivity contribution in [3.63, 3.8) is 0 Å². The van der Waals surface area contributed by atoms with Gasteiger partial charge in [-0.1, -0.05) is 18.2 Å². The van der Waals surface area contributed by atoms with E-state index >= 15 is 0 Å².